The number of carbonyl (C=O) groups excluding carboxylic acids is 1. The number of anilines is 1. The predicted octanol–water partition coefficient (Wildman–Crippen LogP) is 4.09. The highest BCUT2D eigenvalue weighted by molar-refractivity contribution is 9.11. The van der Waals surface area contributed by atoms with Crippen LogP contribution in [0.2, 0.25) is 0 Å². The first-order valence-corrected chi connectivity index (χ1v) is 6.89. The molecule has 0 saturated heterocycles. The molecule has 2 N–H and O–H groups in total. The van der Waals surface area contributed by atoms with Gasteiger partial charge in [-0.15, -0.1) is 11.3 Å². The lowest BCUT2D eigenvalue weighted by molar-refractivity contribution is 0.104. The van der Waals surface area contributed by atoms with Gasteiger partial charge in [0.2, 0.25) is 5.78 Å². The van der Waals surface area contributed by atoms with E-state index in [4.69, 9.17) is 5.73 Å². The Labute approximate surface area is 114 Å². The summed E-state index contributed by atoms with van der Waals surface area (Å²) >= 11 is 8.11. The third-order valence-corrected chi connectivity index (χ3v) is 4.59. The molecule has 0 fully saturated rings. The van der Waals surface area contributed by atoms with E-state index in [0.717, 1.165) is 8.95 Å². The van der Waals surface area contributed by atoms with Crippen molar-refractivity contribution >= 4 is 54.7 Å². The maximum absolute atomic E-state index is 12.2. The van der Waals surface area contributed by atoms with Crippen molar-refractivity contribution in [1.82, 2.24) is 0 Å². The Hall–Kier alpha value is -0.650. The largest absolute Gasteiger partial charge is 0.399 e. The van der Waals surface area contributed by atoms with E-state index in [9.17, 15) is 4.79 Å². The van der Waals surface area contributed by atoms with Gasteiger partial charge in [-0.2, -0.15) is 0 Å². The summed E-state index contributed by atoms with van der Waals surface area (Å²) in [6.07, 6.45) is 0. The average molecular weight is 361 g/mol. The topological polar surface area (TPSA) is 43.1 Å². The van der Waals surface area contributed by atoms with Crippen LogP contribution in [0.4, 0.5) is 5.69 Å². The first-order chi connectivity index (χ1) is 7.59. The molecule has 82 valence electrons. The van der Waals surface area contributed by atoms with E-state index in [2.05, 4.69) is 31.9 Å². The first kappa shape index (κ1) is 11.8. The molecule has 0 unspecified atom stereocenters. The quantitative estimate of drug-likeness (QED) is 0.647. The Morgan fingerprint density at radius 3 is 2.56 bits per heavy atom. The van der Waals surface area contributed by atoms with Crippen molar-refractivity contribution in [2.75, 3.05) is 5.73 Å². The molecule has 2 nitrogen and oxygen atoms in total. The Bertz CT molecular complexity index is 551. The fourth-order valence-electron chi connectivity index (χ4n) is 1.29. The van der Waals surface area contributed by atoms with Gasteiger partial charge in [-0.05, 0) is 45.6 Å². The van der Waals surface area contributed by atoms with E-state index in [1.807, 2.05) is 11.4 Å². The van der Waals surface area contributed by atoms with Crippen LogP contribution in [0.15, 0.2) is 38.6 Å². The fourth-order valence-corrected chi connectivity index (χ4v) is 3.23. The Kier molecular flexibility index (Phi) is 3.47. The van der Waals surface area contributed by atoms with Crippen molar-refractivity contribution in [3.05, 3.63) is 49.0 Å². The van der Waals surface area contributed by atoms with Crippen molar-refractivity contribution in [3.63, 3.8) is 0 Å². The minimum Gasteiger partial charge on any atom is -0.399 e. The number of hydrogen-bond donors (Lipinski definition) is 1. The monoisotopic (exact) mass is 359 g/mol. The number of carbonyl (C=O) groups is 1. The number of benzene rings is 1. The third kappa shape index (κ3) is 2.21. The van der Waals surface area contributed by atoms with Gasteiger partial charge >= 0.3 is 0 Å². The standard InChI is InChI=1S/C11H7Br2NOS/c12-8-2-1-6(14)5-7(8)10(15)11-9(13)3-4-16-11/h1-5H,14H2. The van der Waals surface area contributed by atoms with Crippen LogP contribution in [0.5, 0.6) is 0 Å². The minimum atomic E-state index is -0.0268. The molecule has 0 spiro atoms. The highest BCUT2D eigenvalue weighted by Crippen LogP contribution is 2.29. The van der Waals surface area contributed by atoms with Gasteiger partial charge in [-0.1, -0.05) is 15.9 Å². The normalized spacial score (nSPS) is 10.4. The van der Waals surface area contributed by atoms with Crippen molar-refractivity contribution in [3.8, 4) is 0 Å². The van der Waals surface area contributed by atoms with Crippen molar-refractivity contribution in [2.24, 2.45) is 0 Å². The minimum absolute atomic E-state index is 0.0268. The van der Waals surface area contributed by atoms with Crippen LogP contribution in [0, 0.1) is 0 Å². The van der Waals surface area contributed by atoms with Gasteiger partial charge in [0.1, 0.15) is 0 Å². The summed E-state index contributed by atoms with van der Waals surface area (Å²) in [6.45, 7) is 0. The number of rotatable bonds is 2. The summed E-state index contributed by atoms with van der Waals surface area (Å²) in [7, 11) is 0. The van der Waals surface area contributed by atoms with Crippen LogP contribution in [-0.2, 0) is 0 Å². The Balaban J connectivity index is 2.49. The third-order valence-electron chi connectivity index (χ3n) is 2.06. The Morgan fingerprint density at radius 1 is 1.19 bits per heavy atom. The molecule has 16 heavy (non-hydrogen) atoms. The smallest absolute Gasteiger partial charge is 0.205 e. The van der Waals surface area contributed by atoms with Crippen LogP contribution in [0.1, 0.15) is 15.2 Å². The van der Waals surface area contributed by atoms with Crippen LogP contribution in [0.25, 0.3) is 0 Å². The summed E-state index contributed by atoms with van der Waals surface area (Å²) in [5, 5.41) is 1.87. The molecule has 0 atom stereocenters. The molecule has 1 aromatic heterocycles. The van der Waals surface area contributed by atoms with E-state index in [1.54, 1.807) is 18.2 Å². The predicted molar refractivity (Wildman–Crippen MR) is 74.0 cm³/mol. The maximum atomic E-state index is 12.2. The molecular formula is C11H7Br2NOS. The fraction of sp³-hybridized carbons (Fsp3) is 0. The molecular weight excluding hydrogens is 354 g/mol. The zero-order valence-corrected chi connectivity index (χ0v) is 12.0. The highest BCUT2D eigenvalue weighted by Gasteiger charge is 2.16. The number of hydrogen-bond acceptors (Lipinski definition) is 3. The molecule has 5 heteroatoms. The lowest BCUT2D eigenvalue weighted by atomic mass is 10.1. The summed E-state index contributed by atoms with van der Waals surface area (Å²) in [4.78, 5) is 12.9. The van der Waals surface area contributed by atoms with Gasteiger partial charge in [-0.25, -0.2) is 0 Å². The van der Waals surface area contributed by atoms with Crippen LogP contribution >= 0.6 is 43.2 Å². The number of nitrogen functional groups attached to an aromatic ring is 1. The second kappa shape index (κ2) is 4.69. The molecule has 0 bridgehead atoms. The molecule has 0 aliphatic rings. The number of halogens is 2. The van der Waals surface area contributed by atoms with E-state index < -0.39 is 0 Å². The molecule has 0 saturated carbocycles. The molecule has 0 radical (unpaired) electrons. The van der Waals surface area contributed by atoms with Crippen molar-refractivity contribution in [1.29, 1.82) is 0 Å². The zero-order chi connectivity index (χ0) is 11.7. The van der Waals surface area contributed by atoms with Crippen molar-refractivity contribution < 1.29 is 4.79 Å². The molecule has 1 aromatic carbocycles. The van der Waals surface area contributed by atoms with E-state index >= 15 is 0 Å². The van der Waals surface area contributed by atoms with Gasteiger partial charge in [0.15, 0.2) is 0 Å². The summed E-state index contributed by atoms with van der Waals surface area (Å²) < 4.78 is 1.57. The zero-order valence-electron chi connectivity index (χ0n) is 8.04. The second-order valence-corrected chi connectivity index (χ2v) is 5.79. The van der Waals surface area contributed by atoms with Gasteiger partial charge < -0.3 is 5.73 Å². The van der Waals surface area contributed by atoms with E-state index in [1.165, 1.54) is 11.3 Å². The van der Waals surface area contributed by atoms with Crippen LogP contribution in [0.3, 0.4) is 0 Å². The van der Waals surface area contributed by atoms with E-state index in [0.29, 0.717) is 16.1 Å². The van der Waals surface area contributed by atoms with Gasteiger partial charge in [0.05, 0.1) is 4.88 Å². The number of ketones is 1. The summed E-state index contributed by atoms with van der Waals surface area (Å²) in [5.41, 5.74) is 6.84. The Morgan fingerprint density at radius 2 is 1.94 bits per heavy atom. The maximum Gasteiger partial charge on any atom is 0.205 e. The summed E-state index contributed by atoms with van der Waals surface area (Å²) in [5.74, 6) is -0.0268. The SMILES string of the molecule is Nc1ccc(Br)c(C(=O)c2sccc2Br)c1. The number of thiophene rings is 1. The van der Waals surface area contributed by atoms with Crippen LogP contribution < -0.4 is 5.73 Å². The highest BCUT2D eigenvalue weighted by atomic mass is 79.9. The van der Waals surface area contributed by atoms with Gasteiger partial charge in [-0.3, -0.25) is 4.79 Å². The molecule has 0 amide bonds. The second-order valence-electron chi connectivity index (χ2n) is 3.17. The van der Waals surface area contributed by atoms with Crippen molar-refractivity contribution in [2.45, 2.75) is 0 Å². The van der Waals surface area contributed by atoms with E-state index in [-0.39, 0.29) is 5.78 Å². The number of nitrogens with two attached hydrogens (primary N) is 1. The molecule has 0 aliphatic carbocycles. The van der Waals surface area contributed by atoms with Gasteiger partial charge in [0.25, 0.3) is 0 Å². The molecule has 2 rings (SSSR count). The lowest BCUT2D eigenvalue weighted by Crippen LogP contribution is -2.01. The molecule has 0 aliphatic heterocycles. The molecule has 2 aromatic rings. The first-order valence-electron chi connectivity index (χ1n) is 4.42. The average Bonchev–Trinajstić information content (AvgIpc) is 2.67. The summed E-state index contributed by atoms with van der Waals surface area (Å²) in [6, 6.07) is 7.07. The van der Waals surface area contributed by atoms with Gasteiger partial charge in [0, 0.05) is 20.2 Å². The molecule has 1 heterocycles. The van der Waals surface area contributed by atoms with Crippen LogP contribution in [-0.4, -0.2) is 5.78 Å². The lowest BCUT2D eigenvalue weighted by Gasteiger charge is -2.03.